The Hall–Kier alpha value is -2.41. The summed E-state index contributed by atoms with van der Waals surface area (Å²) in [6, 6.07) is 13.3. The number of pyridine rings is 1. The fraction of sp³-hybridized carbons (Fsp3) is 0.519. The van der Waals surface area contributed by atoms with Crippen molar-refractivity contribution in [2.75, 3.05) is 51.2 Å². The molecule has 174 valence electrons. The molecule has 2 N–H and O–H groups in total. The van der Waals surface area contributed by atoms with Crippen molar-refractivity contribution < 1.29 is 5.11 Å². The molecule has 0 unspecified atom stereocenters. The smallest absolute Gasteiger partial charge is 0.0795 e. The number of anilines is 1. The number of hydrogen-bond donors (Lipinski definition) is 2. The van der Waals surface area contributed by atoms with E-state index in [0.717, 1.165) is 69.9 Å². The van der Waals surface area contributed by atoms with Crippen molar-refractivity contribution in [1.82, 2.24) is 19.8 Å². The topological polar surface area (TPSA) is 58.6 Å². The first kappa shape index (κ1) is 21.1. The van der Waals surface area contributed by atoms with Crippen molar-refractivity contribution in [3.8, 4) is 11.3 Å². The number of nitrogens with zero attached hydrogens (tertiary/aromatic N) is 4. The van der Waals surface area contributed by atoms with Crippen molar-refractivity contribution in [1.29, 1.82) is 0 Å². The number of aliphatic hydroxyl groups excluding tert-OH is 1. The fourth-order valence-corrected chi connectivity index (χ4v) is 6.10. The van der Waals surface area contributed by atoms with Crippen LogP contribution in [0.15, 0.2) is 42.6 Å². The highest BCUT2D eigenvalue weighted by atomic mass is 16.3. The molecule has 6 rings (SSSR count). The molecule has 4 heterocycles. The van der Waals surface area contributed by atoms with Crippen LogP contribution in [0.4, 0.5) is 5.69 Å². The van der Waals surface area contributed by atoms with Gasteiger partial charge in [0.15, 0.2) is 0 Å². The van der Waals surface area contributed by atoms with Gasteiger partial charge in [0.1, 0.15) is 0 Å². The molecule has 1 aliphatic carbocycles. The minimum Gasteiger partial charge on any atom is -0.393 e. The number of aromatic amines is 1. The summed E-state index contributed by atoms with van der Waals surface area (Å²) < 4.78 is 0. The van der Waals surface area contributed by atoms with Crippen molar-refractivity contribution in [3.05, 3.63) is 48.3 Å². The number of fused-ring (bicyclic) bond motifs is 1. The summed E-state index contributed by atoms with van der Waals surface area (Å²) in [5.74, 6) is 0. The summed E-state index contributed by atoms with van der Waals surface area (Å²) in [6.07, 6.45) is 6.32. The number of likely N-dealkylation sites (tertiary alicyclic amines) is 1. The van der Waals surface area contributed by atoms with E-state index in [2.05, 4.69) is 63.1 Å². The molecule has 3 fully saturated rings. The second-order valence-electron chi connectivity index (χ2n) is 10.6. The largest absolute Gasteiger partial charge is 0.393 e. The standard InChI is InChI=1S/C27H35N5O/c1-30-12-14-32(15-13-30)22-4-2-20(3-5-22)26-24-16-21(29-25(24)6-9-28-26)19-31-10-7-27(8-11-31)17-23(33)18-27/h2-6,9,16,23,29,33H,7-8,10-15,17-19H2,1H3. The van der Waals surface area contributed by atoms with Gasteiger partial charge in [-0.15, -0.1) is 0 Å². The van der Waals surface area contributed by atoms with E-state index < -0.39 is 0 Å². The van der Waals surface area contributed by atoms with Crippen LogP contribution in [0.3, 0.4) is 0 Å². The Morgan fingerprint density at radius 2 is 1.73 bits per heavy atom. The Bertz CT molecular complexity index is 1100. The molecule has 2 aromatic heterocycles. The first-order valence-electron chi connectivity index (χ1n) is 12.5. The Kier molecular flexibility index (Phi) is 5.40. The summed E-state index contributed by atoms with van der Waals surface area (Å²) in [5.41, 5.74) is 6.39. The van der Waals surface area contributed by atoms with Crippen LogP contribution in [0.1, 0.15) is 31.4 Å². The van der Waals surface area contributed by atoms with Crippen LogP contribution in [-0.4, -0.2) is 77.3 Å². The second-order valence-corrected chi connectivity index (χ2v) is 10.6. The fourth-order valence-electron chi connectivity index (χ4n) is 6.10. The number of rotatable bonds is 4. The molecule has 1 spiro atoms. The van der Waals surface area contributed by atoms with Gasteiger partial charge in [-0.3, -0.25) is 9.88 Å². The van der Waals surface area contributed by atoms with Crippen LogP contribution in [0.2, 0.25) is 0 Å². The van der Waals surface area contributed by atoms with Crippen LogP contribution in [-0.2, 0) is 6.54 Å². The van der Waals surface area contributed by atoms with E-state index in [-0.39, 0.29) is 6.10 Å². The Labute approximate surface area is 196 Å². The lowest BCUT2D eigenvalue weighted by Gasteiger charge is -2.50. The zero-order chi connectivity index (χ0) is 22.4. The summed E-state index contributed by atoms with van der Waals surface area (Å²) in [7, 11) is 2.19. The van der Waals surface area contributed by atoms with Gasteiger partial charge in [-0.05, 0) is 75.5 Å². The van der Waals surface area contributed by atoms with E-state index in [4.69, 9.17) is 4.98 Å². The van der Waals surface area contributed by atoms with Crippen LogP contribution < -0.4 is 4.90 Å². The molecule has 0 amide bonds. The molecular weight excluding hydrogens is 410 g/mol. The van der Waals surface area contributed by atoms with Gasteiger partial charge in [0, 0.05) is 66.8 Å². The van der Waals surface area contributed by atoms with Crippen molar-refractivity contribution in [2.24, 2.45) is 5.41 Å². The maximum absolute atomic E-state index is 9.73. The van der Waals surface area contributed by atoms with E-state index in [1.165, 1.54) is 35.2 Å². The van der Waals surface area contributed by atoms with E-state index in [9.17, 15) is 5.11 Å². The maximum Gasteiger partial charge on any atom is 0.0795 e. The predicted molar refractivity (Wildman–Crippen MR) is 133 cm³/mol. The number of hydrogen-bond acceptors (Lipinski definition) is 5. The number of likely N-dealkylation sites (N-methyl/N-ethyl adjacent to an activating group) is 1. The number of piperazine rings is 1. The highest BCUT2D eigenvalue weighted by molar-refractivity contribution is 5.93. The molecule has 0 bridgehead atoms. The van der Waals surface area contributed by atoms with Gasteiger partial charge < -0.3 is 19.9 Å². The molecule has 1 saturated carbocycles. The van der Waals surface area contributed by atoms with E-state index in [1.54, 1.807) is 0 Å². The number of piperidine rings is 1. The highest BCUT2D eigenvalue weighted by Gasteiger charge is 2.44. The lowest BCUT2D eigenvalue weighted by molar-refractivity contribution is -0.0691. The first-order chi connectivity index (χ1) is 16.1. The lowest BCUT2D eigenvalue weighted by atomic mass is 9.61. The monoisotopic (exact) mass is 445 g/mol. The van der Waals surface area contributed by atoms with Gasteiger partial charge in [0.25, 0.3) is 0 Å². The second kappa shape index (κ2) is 8.42. The molecule has 0 atom stereocenters. The van der Waals surface area contributed by atoms with Crippen LogP contribution in [0.5, 0.6) is 0 Å². The molecule has 3 aromatic rings. The Morgan fingerprint density at radius 1 is 1.00 bits per heavy atom. The van der Waals surface area contributed by atoms with Gasteiger partial charge >= 0.3 is 0 Å². The summed E-state index contributed by atoms with van der Waals surface area (Å²) >= 11 is 0. The number of aliphatic hydroxyl groups is 1. The average Bonchev–Trinajstić information content (AvgIpc) is 3.23. The van der Waals surface area contributed by atoms with Crippen LogP contribution in [0.25, 0.3) is 22.2 Å². The molecule has 33 heavy (non-hydrogen) atoms. The molecule has 3 aliphatic rings. The summed E-state index contributed by atoms with van der Waals surface area (Å²) in [6.45, 7) is 7.62. The van der Waals surface area contributed by atoms with E-state index in [0.29, 0.717) is 5.41 Å². The molecular formula is C27H35N5O. The third kappa shape index (κ3) is 4.16. The van der Waals surface area contributed by atoms with Crippen LogP contribution >= 0.6 is 0 Å². The number of H-pyrrole nitrogens is 1. The third-order valence-corrected chi connectivity index (χ3v) is 8.26. The van der Waals surface area contributed by atoms with Crippen molar-refractivity contribution in [3.63, 3.8) is 0 Å². The zero-order valence-electron chi connectivity index (χ0n) is 19.6. The molecule has 6 nitrogen and oxygen atoms in total. The first-order valence-corrected chi connectivity index (χ1v) is 12.5. The average molecular weight is 446 g/mol. The molecule has 0 radical (unpaired) electrons. The van der Waals surface area contributed by atoms with Gasteiger partial charge in [-0.1, -0.05) is 12.1 Å². The minimum absolute atomic E-state index is 0.0493. The zero-order valence-corrected chi connectivity index (χ0v) is 19.6. The Balaban J connectivity index is 1.17. The van der Waals surface area contributed by atoms with Crippen LogP contribution in [0, 0.1) is 5.41 Å². The molecule has 6 heteroatoms. The van der Waals surface area contributed by atoms with Gasteiger partial charge in [-0.25, -0.2) is 0 Å². The highest BCUT2D eigenvalue weighted by Crippen LogP contribution is 2.49. The normalized spacial score (nSPS) is 22.2. The SMILES string of the molecule is CN1CCN(c2ccc(-c3nccc4[nH]c(CN5CCC6(CC5)CC(O)C6)cc34)cc2)CC1. The lowest BCUT2D eigenvalue weighted by Crippen LogP contribution is -2.48. The van der Waals surface area contributed by atoms with Crippen molar-refractivity contribution in [2.45, 2.75) is 38.3 Å². The Morgan fingerprint density at radius 3 is 2.42 bits per heavy atom. The van der Waals surface area contributed by atoms with Gasteiger partial charge in [0.05, 0.1) is 11.8 Å². The molecule has 2 saturated heterocycles. The molecule has 1 aromatic carbocycles. The number of benzene rings is 1. The van der Waals surface area contributed by atoms with E-state index in [1.807, 2.05) is 6.20 Å². The van der Waals surface area contributed by atoms with Gasteiger partial charge in [-0.2, -0.15) is 0 Å². The summed E-state index contributed by atoms with van der Waals surface area (Å²) in [4.78, 5) is 15.8. The molecule has 2 aliphatic heterocycles. The minimum atomic E-state index is -0.0493. The number of nitrogens with one attached hydrogen (secondary N) is 1. The number of aromatic nitrogens is 2. The summed E-state index contributed by atoms with van der Waals surface area (Å²) in [5, 5.41) is 10.9. The quantitative estimate of drug-likeness (QED) is 0.641. The predicted octanol–water partition coefficient (Wildman–Crippen LogP) is 3.72. The third-order valence-electron chi connectivity index (χ3n) is 8.26. The van der Waals surface area contributed by atoms with E-state index >= 15 is 0 Å². The maximum atomic E-state index is 9.73. The van der Waals surface area contributed by atoms with Gasteiger partial charge in [0.2, 0.25) is 0 Å². The van der Waals surface area contributed by atoms with Crippen molar-refractivity contribution >= 4 is 16.6 Å².